The van der Waals surface area contributed by atoms with Crippen LogP contribution < -0.4 is 10.2 Å². The summed E-state index contributed by atoms with van der Waals surface area (Å²) in [5.41, 5.74) is 4.79. The fourth-order valence-corrected chi connectivity index (χ4v) is 2.60. The number of rotatable bonds is 4. The van der Waals surface area contributed by atoms with Crippen molar-refractivity contribution in [2.24, 2.45) is 5.92 Å². The average molecular weight is 310 g/mol. The van der Waals surface area contributed by atoms with Gasteiger partial charge in [0.2, 0.25) is 5.91 Å². The van der Waals surface area contributed by atoms with Crippen LogP contribution in [0.5, 0.6) is 0 Å². The second-order valence-electron chi connectivity index (χ2n) is 6.40. The molecule has 1 aromatic carbocycles. The summed E-state index contributed by atoms with van der Waals surface area (Å²) >= 11 is 0. The minimum atomic E-state index is 0.0643. The minimum Gasteiger partial charge on any atom is -0.361 e. The lowest BCUT2D eigenvalue weighted by Gasteiger charge is -2.20. The van der Waals surface area contributed by atoms with E-state index in [1.165, 1.54) is 0 Å². The normalized spacial score (nSPS) is 13.7. The molecule has 2 aromatic rings. The predicted octanol–water partition coefficient (Wildman–Crippen LogP) is 3.17. The highest BCUT2D eigenvalue weighted by atomic mass is 16.2. The van der Waals surface area contributed by atoms with Crippen molar-refractivity contribution in [3.8, 4) is 11.3 Å². The van der Waals surface area contributed by atoms with Crippen molar-refractivity contribution in [2.75, 3.05) is 24.3 Å². The molecular weight excluding hydrogens is 288 g/mol. The van der Waals surface area contributed by atoms with E-state index in [0.29, 0.717) is 5.69 Å². The Morgan fingerprint density at radius 1 is 1.22 bits per heavy atom. The van der Waals surface area contributed by atoms with E-state index in [9.17, 15) is 4.79 Å². The van der Waals surface area contributed by atoms with Crippen LogP contribution >= 0.6 is 0 Å². The van der Waals surface area contributed by atoms with Crippen molar-refractivity contribution in [1.29, 1.82) is 0 Å². The predicted molar refractivity (Wildman–Crippen MR) is 92.6 cm³/mol. The van der Waals surface area contributed by atoms with Gasteiger partial charge in [-0.3, -0.25) is 4.79 Å². The van der Waals surface area contributed by atoms with Gasteiger partial charge in [-0.25, -0.2) is 9.97 Å². The standard InChI is InChI=1S/C18H22N4O/c1-11-5-6-12(2)14(9-11)15-16(21-18(23)13-7-8-13)17(22(3)4)20-10-19-15/h5-6,9-10,13H,7-8H2,1-4H3,(H,21,23). The van der Waals surface area contributed by atoms with E-state index in [-0.39, 0.29) is 11.8 Å². The van der Waals surface area contributed by atoms with Gasteiger partial charge >= 0.3 is 0 Å². The lowest BCUT2D eigenvalue weighted by Crippen LogP contribution is -2.20. The minimum absolute atomic E-state index is 0.0643. The van der Waals surface area contributed by atoms with Crippen molar-refractivity contribution in [3.05, 3.63) is 35.7 Å². The Labute approximate surface area is 136 Å². The molecule has 5 heteroatoms. The first-order chi connectivity index (χ1) is 11.0. The number of carbonyl (C=O) groups is 1. The van der Waals surface area contributed by atoms with E-state index in [1.807, 2.05) is 19.0 Å². The number of carbonyl (C=O) groups excluding carboxylic acids is 1. The van der Waals surface area contributed by atoms with Crippen molar-refractivity contribution in [3.63, 3.8) is 0 Å². The van der Waals surface area contributed by atoms with E-state index in [2.05, 4.69) is 47.3 Å². The highest BCUT2D eigenvalue weighted by molar-refractivity contribution is 6.00. The summed E-state index contributed by atoms with van der Waals surface area (Å²) in [6.07, 6.45) is 3.49. The third-order valence-corrected chi connectivity index (χ3v) is 4.10. The second-order valence-corrected chi connectivity index (χ2v) is 6.40. The van der Waals surface area contributed by atoms with Gasteiger partial charge < -0.3 is 10.2 Å². The number of benzene rings is 1. The third kappa shape index (κ3) is 3.18. The fraction of sp³-hybridized carbons (Fsp3) is 0.389. The Morgan fingerprint density at radius 2 is 1.96 bits per heavy atom. The molecule has 0 saturated heterocycles. The molecule has 5 nitrogen and oxygen atoms in total. The molecule has 0 aliphatic heterocycles. The number of aromatic nitrogens is 2. The maximum Gasteiger partial charge on any atom is 0.227 e. The smallest absolute Gasteiger partial charge is 0.227 e. The van der Waals surface area contributed by atoms with Gasteiger partial charge in [0.15, 0.2) is 5.82 Å². The van der Waals surface area contributed by atoms with Gasteiger partial charge in [-0.2, -0.15) is 0 Å². The van der Waals surface area contributed by atoms with Crippen LogP contribution in [0, 0.1) is 19.8 Å². The van der Waals surface area contributed by atoms with Crippen molar-refractivity contribution in [1.82, 2.24) is 9.97 Å². The zero-order chi connectivity index (χ0) is 16.6. The summed E-state index contributed by atoms with van der Waals surface area (Å²) in [5.74, 6) is 0.927. The number of hydrogen-bond acceptors (Lipinski definition) is 4. The summed E-state index contributed by atoms with van der Waals surface area (Å²) in [4.78, 5) is 23.0. The number of hydrogen-bond donors (Lipinski definition) is 1. The molecule has 0 atom stereocenters. The summed E-state index contributed by atoms with van der Waals surface area (Å²) in [7, 11) is 3.84. The molecule has 1 aliphatic rings. The molecule has 1 N–H and O–H groups in total. The van der Waals surface area contributed by atoms with E-state index in [4.69, 9.17) is 0 Å². The van der Waals surface area contributed by atoms with E-state index in [1.54, 1.807) is 6.33 Å². The van der Waals surface area contributed by atoms with E-state index in [0.717, 1.165) is 41.0 Å². The molecule has 0 spiro atoms. The Morgan fingerprint density at radius 3 is 2.61 bits per heavy atom. The average Bonchev–Trinajstić information content (AvgIpc) is 3.34. The molecule has 1 aliphatic carbocycles. The van der Waals surface area contributed by atoms with Crippen LogP contribution in [0.25, 0.3) is 11.3 Å². The molecule has 1 fully saturated rings. The summed E-state index contributed by atoms with van der Waals surface area (Å²) in [6.45, 7) is 4.11. The van der Waals surface area contributed by atoms with Gasteiger partial charge in [0.1, 0.15) is 12.0 Å². The van der Waals surface area contributed by atoms with Gasteiger partial charge in [0.25, 0.3) is 0 Å². The first-order valence-corrected chi connectivity index (χ1v) is 7.88. The van der Waals surface area contributed by atoms with Crippen molar-refractivity contribution >= 4 is 17.4 Å². The van der Waals surface area contributed by atoms with Crippen LogP contribution in [-0.2, 0) is 4.79 Å². The number of aryl methyl sites for hydroxylation is 2. The van der Waals surface area contributed by atoms with Crippen molar-refractivity contribution in [2.45, 2.75) is 26.7 Å². The Balaban J connectivity index is 2.13. The fourth-order valence-electron chi connectivity index (χ4n) is 2.60. The molecule has 1 saturated carbocycles. The molecule has 120 valence electrons. The maximum atomic E-state index is 12.3. The van der Waals surface area contributed by atoms with Gasteiger partial charge in [-0.15, -0.1) is 0 Å². The zero-order valence-corrected chi connectivity index (χ0v) is 14.1. The number of amides is 1. The highest BCUT2D eigenvalue weighted by Gasteiger charge is 2.31. The van der Waals surface area contributed by atoms with Crippen LogP contribution in [0.4, 0.5) is 11.5 Å². The van der Waals surface area contributed by atoms with Gasteiger partial charge in [-0.05, 0) is 38.3 Å². The summed E-state index contributed by atoms with van der Waals surface area (Å²) in [5, 5.41) is 3.06. The van der Waals surface area contributed by atoms with Gasteiger partial charge in [0, 0.05) is 25.6 Å². The highest BCUT2D eigenvalue weighted by Crippen LogP contribution is 2.37. The van der Waals surface area contributed by atoms with E-state index < -0.39 is 0 Å². The Bertz CT molecular complexity index is 751. The Hall–Kier alpha value is -2.43. The van der Waals surface area contributed by atoms with Gasteiger partial charge in [0.05, 0.1) is 5.69 Å². The number of nitrogens with zero attached hydrogens (tertiary/aromatic N) is 3. The van der Waals surface area contributed by atoms with Crippen LogP contribution in [0.3, 0.4) is 0 Å². The quantitative estimate of drug-likeness (QED) is 0.942. The van der Waals surface area contributed by atoms with Crippen LogP contribution in [0.2, 0.25) is 0 Å². The maximum absolute atomic E-state index is 12.3. The first kappa shape index (κ1) is 15.5. The molecule has 1 aromatic heterocycles. The van der Waals surface area contributed by atoms with E-state index >= 15 is 0 Å². The SMILES string of the molecule is Cc1ccc(C)c(-c2ncnc(N(C)C)c2NC(=O)C2CC2)c1. The molecule has 0 radical (unpaired) electrons. The monoisotopic (exact) mass is 310 g/mol. The molecule has 23 heavy (non-hydrogen) atoms. The number of nitrogens with one attached hydrogen (secondary N) is 1. The van der Waals surface area contributed by atoms with Crippen LogP contribution in [-0.4, -0.2) is 30.0 Å². The van der Waals surface area contributed by atoms with Crippen molar-refractivity contribution < 1.29 is 4.79 Å². The van der Waals surface area contributed by atoms with Crippen LogP contribution in [0.1, 0.15) is 24.0 Å². The largest absolute Gasteiger partial charge is 0.361 e. The Kier molecular flexibility index (Phi) is 4.03. The summed E-state index contributed by atoms with van der Waals surface area (Å²) in [6, 6.07) is 6.26. The molecule has 0 bridgehead atoms. The number of anilines is 2. The molecule has 1 heterocycles. The van der Waals surface area contributed by atoms with Gasteiger partial charge in [-0.1, -0.05) is 17.7 Å². The topological polar surface area (TPSA) is 58.1 Å². The summed E-state index contributed by atoms with van der Waals surface area (Å²) < 4.78 is 0. The zero-order valence-electron chi connectivity index (χ0n) is 14.1. The third-order valence-electron chi connectivity index (χ3n) is 4.10. The molecule has 0 unspecified atom stereocenters. The lowest BCUT2D eigenvalue weighted by atomic mass is 10.0. The lowest BCUT2D eigenvalue weighted by molar-refractivity contribution is -0.117. The second kappa shape index (κ2) is 5.99. The van der Waals surface area contributed by atoms with Crippen LogP contribution in [0.15, 0.2) is 24.5 Å². The first-order valence-electron chi connectivity index (χ1n) is 7.88. The molecular formula is C18H22N4O. The molecule has 1 amide bonds. The molecule has 3 rings (SSSR count).